The molecule has 6 nitrogen and oxygen atoms in total. The fourth-order valence-corrected chi connectivity index (χ4v) is 2.17. The monoisotopic (exact) mass is 381 g/mol. The molecule has 0 saturated carbocycles. The molecule has 1 N–H and O–H groups in total. The van der Waals surface area contributed by atoms with Crippen LogP contribution in [0.2, 0.25) is 0 Å². The zero-order chi connectivity index (χ0) is 20.1. The van der Waals surface area contributed by atoms with Gasteiger partial charge >= 0.3 is 12.3 Å². The summed E-state index contributed by atoms with van der Waals surface area (Å²) in [6.07, 6.45) is -5.18. The molecule has 1 fully saturated rings. The molecule has 10 heteroatoms. The minimum Gasteiger partial charge on any atom is -0.444 e. The third-order valence-electron chi connectivity index (χ3n) is 3.27. The number of nitrogens with zero attached hydrogens (tertiary/aromatic N) is 2. The molecule has 1 saturated heterocycles. The Bertz CT molecular complexity index is 582. The number of amides is 2. The van der Waals surface area contributed by atoms with Crippen molar-refractivity contribution in [1.29, 1.82) is 0 Å². The molecule has 0 aromatic heterocycles. The van der Waals surface area contributed by atoms with Crippen LogP contribution < -0.4 is 5.43 Å². The van der Waals surface area contributed by atoms with Gasteiger partial charge in [-0.05, 0) is 33.3 Å². The first-order valence-electron chi connectivity index (χ1n) is 8.10. The van der Waals surface area contributed by atoms with Crippen molar-refractivity contribution in [2.75, 3.05) is 6.54 Å². The van der Waals surface area contributed by atoms with Gasteiger partial charge in [-0.25, -0.2) is 14.6 Å². The molecule has 0 aliphatic carbocycles. The topological polar surface area (TPSA) is 71.0 Å². The highest BCUT2D eigenvalue weighted by molar-refractivity contribution is 6.00. The summed E-state index contributed by atoms with van der Waals surface area (Å²) < 4.78 is 57.3. The lowest BCUT2D eigenvalue weighted by atomic mass is 10.2. The maximum atomic E-state index is 13.7. The lowest BCUT2D eigenvalue weighted by molar-refractivity contribution is -0.125. The number of nitrogens with one attached hydrogen (secondary N) is 1. The van der Waals surface area contributed by atoms with E-state index >= 15 is 0 Å². The van der Waals surface area contributed by atoms with E-state index in [9.17, 15) is 27.2 Å². The van der Waals surface area contributed by atoms with Gasteiger partial charge in [-0.3, -0.25) is 9.69 Å². The van der Waals surface area contributed by atoms with Crippen LogP contribution >= 0.6 is 0 Å². The van der Waals surface area contributed by atoms with Crippen LogP contribution in [0.3, 0.4) is 0 Å². The first kappa shape index (κ1) is 21.9. The van der Waals surface area contributed by atoms with E-state index in [1.54, 1.807) is 33.1 Å². The van der Waals surface area contributed by atoms with Gasteiger partial charge in [0, 0.05) is 6.42 Å². The van der Waals surface area contributed by atoms with Gasteiger partial charge in [0.25, 0.3) is 5.91 Å². The number of hydrogen-bond acceptors (Lipinski definition) is 4. The minimum absolute atomic E-state index is 0.341. The number of rotatable bonds is 4. The second kappa shape index (κ2) is 8.50. The van der Waals surface area contributed by atoms with E-state index in [4.69, 9.17) is 4.74 Å². The standard InChI is InChI=1S/C16H23F4N3O3/c1-5-6-7-12(16(18,19)20)21-22-13(24)11-8-10(17)9-23(11)14(25)26-15(2,3)4/h6-7,10-11H,5,8-9H2,1-4H3,(H,22,24)/b7-6-,21-12-/t10-,11+/m1/s1. The van der Waals surface area contributed by atoms with E-state index in [-0.39, 0.29) is 13.0 Å². The van der Waals surface area contributed by atoms with Crippen LogP contribution in [0.15, 0.2) is 17.3 Å². The van der Waals surface area contributed by atoms with Crippen molar-refractivity contribution >= 4 is 17.7 Å². The number of halogens is 4. The van der Waals surface area contributed by atoms with Gasteiger partial charge in [-0.1, -0.05) is 13.0 Å². The average molecular weight is 381 g/mol. The van der Waals surface area contributed by atoms with Gasteiger partial charge in [-0.2, -0.15) is 18.3 Å². The zero-order valence-electron chi connectivity index (χ0n) is 15.1. The van der Waals surface area contributed by atoms with Gasteiger partial charge in [0.15, 0.2) is 5.71 Å². The summed E-state index contributed by atoms with van der Waals surface area (Å²) in [6, 6.07) is -1.30. The number of carbonyl (C=O) groups is 2. The molecule has 2 atom stereocenters. The summed E-state index contributed by atoms with van der Waals surface area (Å²) in [5.41, 5.74) is -0.392. The van der Waals surface area contributed by atoms with Gasteiger partial charge in [-0.15, -0.1) is 0 Å². The lowest BCUT2D eigenvalue weighted by Gasteiger charge is -2.27. The van der Waals surface area contributed by atoms with Crippen molar-refractivity contribution in [1.82, 2.24) is 10.3 Å². The number of allylic oxidation sites excluding steroid dienone is 2. The van der Waals surface area contributed by atoms with E-state index in [1.165, 1.54) is 6.08 Å². The minimum atomic E-state index is -4.76. The van der Waals surface area contributed by atoms with Crippen LogP contribution in [0, 0.1) is 0 Å². The van der Waals surface area contributed by atoms with Crippen LogP contribution in [0.4, 0.5) is 22.4 Å². The molecule has 26 heavy (non-hydrogen) atoms. The third kappa shape index (κ3) is 6.64. The van der Waals surface area contributed by atoms with Crippen LogP contribution in [-0.4, -0.2) is 53.1 Å². The van der Waals surface area contributed by atoms with Crippen molar-refractivity contribution in [3.63, 3.8) is 0 Å². The summed E-state index contributed by atoms with van der Waals surface area (Å²) in [5.74, 6) is -1.01. The van der Waals surface area contributed by atoms with Crippen molar-refractivity contribution in [2.24, 2.45) is 5.10 Å². The highest BCUT2D eigenvalue weighted by Gasteiger charge is 2.42. The van der Waals surface area contributed by atoms with Crippen LogP contribution in [0.5, 0.6) is 0 Å². The van der Waals surface area contributed by atoms with Gasteiger partial charge in [0.1, 0.15) is 17.8 Å². The summed E-state index contributed by atoms with van der Waals surface area (Å²) in [4.78, 5) is 25.1. The molecule has 1 rings (SSSR count). The molecule has 2 amide bonds. The molecule has 0 unspecified atom stereocenters. The zero-order valence-corrected chi connectivity index (χ0v) is 15.1. The fourth-order valence-electron chi connectivity index (χ4n) is 2.17. The van der Waals surface area contributed by atoms with Crippen LogP contribution in [0.1, 0.15) is 40.5 Å². The predicted molar refractivity (Wildman–Crippen MR) is 87.3 cm³/mol. The molecule has 0 bridgehead atoms. The van der Waals surface area contributed by atoms with E-state index in [1.807, 2.05) is 0 Å². The summed E-state index contributed by atoms with van der Waals surface area (Å²) >= 11 is 0. The molecule has 0 aromatic carbocycles. The van der Waals surface area contributed by atoms with E-state index in [0.29, 0.717) is 6.42 Å². The number of hydrogen-bond donors (Lipinski definition) is 1. The Balaban J connectivity index is 2.90. The quantitative estimate of drug-likeness (QED) is 0.461. The number of likely N-dealkylation sites (tertiary alicyclic amines) is 1. The Morgan fingerprint density at radius 2 is 1.92 bits per heavy atom. The molecule has 1 heterocycles. The summed E-state index contributed by atoms with van der Waals surface area (Å²) in [6.45, 7) is 6.06. The van der Waals surface area contributed by atoms with Gasteiger partial charge < -0.3 is 4.74 Å². The van der Waals surface area contributed by atoms with Crippen molar-refractivity contribution in [2.45, 2.75) is 64.5 Å². The second-order valence-electron chi connectivity index (χ2n) is 6.76. The molecular weight excluding hydrogens is 358 g/mol. The Morgan fingerprint density at radius 1 is 1.31 bits per heavy atom. The van der Waals surface area contributed by atoms with Crippen LogP contribution in [0.25, 0.3) is 0 Å². The first-order valence-corrected chi connectivity index (χ1v) is 8.10. The second-order valence-corrected chi connectivity index (χ2v) is 6.76. The lowest BCUT2D eigenvalue weighted by Crippen LogP contribution is -2.47. The molecule has 0 spiro atoms. The van der Waals surface area contributed by atoms with Crippen molar-refractivity contribution < 1.29 is 31.9 Å². The maximum absolute atomic E-state index is 13.7. The predicted octanol–water partition coefficient (Wildman–Crippen LogP) is 3.33. The SMILES string of the molecule is CC/C=C\C(=N\NC(=O)[C@@H]1C[C@@H](F)CN1C(=O)OC(C)(C)C)C(F)(F)F. The largest absolute Gasteiger partial charge is 0.444 e. The molecule has 0 radical (unpaired) electrons. The highest BCUT2D eigenvalue weighted by atomic mass is 19.4. The molecule has 1 aliphatic heterocycles. The Labute approximate surface area is 149 Å². The van der Waals surface area contributed by atoms with E-state index < -0.39 is 41.7 Å². The van der Waals surface area contributed by atoms with Gasteiger partial charge in [0.05, 0.1) is 6.54 Å². The van der Waals surface area contributed by atoms with Crippen molar-refractivity contribution in [3.05, 3.63) is 12.2 Å². The number of hydrazone groups is 1. The number of ether oxygens (including phenoxy) is 1. The highest BCUT2D eigenvalue weighted by Crippen LogP contribution is 2.24. The summed E-state index contributed by atoms with van der Waals surface area (Å²) in [7, 11) is 0. The van der Waals surface area contributed by atoms with Gasteiger partial charge in [0.2, 0.25) is 0 Å². The Kier molecular flexibility index (Phi) is 7.16. The maximum Gasteiger partial charge on any atom is 0.435 e. The number of alkyl halides is 4. The molecule has 148 valence electrons. The fraction of sp³-hybridized carbons (Fsp3) is 0.688. The third-order valence-corrected chi connectivity index (χ3v) is 3.27. The average Bonchev–Trinajstić information content (AvgIpc) is 2.86. The van der Waals surface area contributed by atoms with E-state index in [0.717, 1.165) is 11.0 Å². The number of carbonyl (C=O) groups excluding carboxylic acids is 2. The van der Waals surface area contributed by atoms with E-state index in [2.05, 4.69) is 5.10 Å². The first-order chi connectivity index (χ1) is 11.8. The normalized spacial score (nSPS) is 22.0. The molecule has 1 aliphatic rings. The Hall–Kier alpha value is -2.13. The molecule has 0 aromatic rings. The smallest absolute Gasteiger partial charge is 0.435 e. The summed E-state index contributed by atoms with van der Waals surface area (Å²) in [5, 5.41) is 3.07. The molecular formula is C16H23F4N3O3. The van der Waals surface area contributed by atoms with Crippen LogP contribution in [-0.2, 0) is 9.53 Å². The Morgan fingerprint density at radius 3 is 2.42 bits per heavy atom. The van der Waals surface area contributed by atoms with Crippen molar-refractivity contribution in [3.8, 4) is 0 Å².